The number of nitrogens with zero attached hydrogens (tertiary/aromatic N) is 1. The van der Waals surface area contributed by atoms with Crippen LogP contribution in [0.1, 0.15) is 38.8 Å². The molecular formula is C19H19N3O2S. The summed E-state index contributed by atoms with van der Waals surface area (Å²) in [4.78, 5) is 31.8. The first kappa shape index (κ1) is 17.1. The Morgan fingerprint density at radius 2 is 2.20 bits per heavy atom. The first-order valence-corrected chi connectivity index (χ1v) is 8.91. The van der Waals surface area contributed by atoms with E-state index in [0.29, 0.717) is 12.0 Å². The van der Waals surface area contributed by atoms with Gasteiger partial charge in [-0.05, 0) is 65.9 Å². The average molecular weight is 353 g/mol. The van der Waals surface area contributed by atoms with Gasteiger partial charge < -0.3 is 10.3 Å². The molecule has 0 aliphatic carbocycles. The predicted octanol–water partition coefficient (Wildman–Crippen LogP) is 3.16. The molecule has 128 valence electrons. The van der Waals surface area contributed by atoms with Crippen LogP contribution in [0.15, 0.2) is 52.2 Å². The van der Waals surface area contributed by atoms with Gasteiger partial charge in [0, 0.05) is 18.1 Å². The van der Waals surface area contributed by atoms with Gasteiger partial charge >= 0.3 is 0 Å². The fourth-order valence-electron chi connectivity index (χ4n) is 2.85. The van der Waals surface area contributed by atoms with Crippen molar-refractivity contribution in [1.29, 1.82) is 0 Å². The molecule has 25 heavy (non-hydrogen) atoms. The Balaban J connectivity index is 1.90. The van der Waals surface area contributed by atoms with Gasteiger partial charge in [-0.25, -0.2) is 0 Å². The van der Waals surface area contributed by atoms with Gasteiger partial charge in [-0.15, -0.1) is 0 Å². The molecule has 6 heteroatoms. The molecular weight excluding hydrogens is 334 g/mol. The summed E-state index contributed by atoms with van der Waals surface area (Å²) in [5.74, 6) is -0.372. The number of aryl methyl sites for hydroxylation is 2. The number of rotatable bonds is 5. The van der Waals surface area contributed by atoms with Gasteiger partial charge in [0.25, 0.3) is 11.5 Å². The lowest BCUT2D eigenvalue weighted by atomic mass is 10.0. The third kappa shape index (κ3) is 4.03. The summed E-state index contributed by atoms with van der Waals surface area (Å²) in [5.41, 5.74) is 3.23. The van der Waals surface area contributed by atoms with E-state index in [1.54, 1.807) is 43.6 Å². The number of aromatic nitrogens is 2. The Kier molecular flexibility index (Phi) is 5.09. The van der Waals surface area contributed by atoms with E-state index in [2.05, 4.69) is 20.7 Å². The van der Waals surface area contributed by atoms with Gasteiger partial charge in [-0.3, -0.25) is 14.6 Å². The number of carbonyl (C=O) groups is 1. The second kappa shape index (κ2) is 7.44. The van der Waals surface area contributed by atoms with Crippen molar-refractivity contribution in [2.24, 2.45) is 0 Å². The van der Waals surface area contributed by atoms with Crippen LogP contribution in [0, 0.1) is 13.8 Å². The lowest BCUT2D eigenvalue weighted by Gasteiger charge is -2.19. The Hall–Kier alpha value is -2.73. The maximum Gasteiger partial charge on any atom is 0.261 e. The van der Waals surface area contributed by atoms with Crippen molar-refractivity contribution in [2.75, 3.05) is 0 Å². The van der Waals surface area contributed by atoms with Gasteiger partial charge in [-0.1, -0.05) is 6.07 Å². The van der Waals surface area contributed by atoms with Crippen LogP contribution in [0.2, 0.25) is 0 Å². The minimum Gasteiger partial charge on any atom is -0.345 e. The molecule has 0 bridgehead atoms. The Labute approximate surface area is 149 Å². The monoisotopic (exact) mass is 353 g/mol. The molecule has 3 aromatic heterocycles. The number of nitrogens with one attached hydrogen (secondary N) is 2. The third-order valence-electron chi connectivity index (χ3n) is 4.00. The van der Waals surface area contributed by atoms with E-state index in [4.69, 9.17) is 0 Å². The molecule has 3 heterocycles. The summed E-state index contributed by atoms with van der Waals surface area (Å²) in [5, 5.41) is 7.06. The summed E-state index contributed by atoms with van der Waals surface area (Å²) in [6.07, 6.45) is 4.08. The van der Waals surface area contributed by atoms with E-state index in [9.17, 15) is 9.59 Å². The molecule has 0 spiro atoms. The SMILES string of the molecule is Cc1cc(C)c(C(=O)NC(Cc2ccsc2)c2cccnc2)c(=O)[nH]1. The quantitative estimate of drug-likeness (QED) is 0.740. The topological polar surface area (TPSA) is 74.8 Å². The highest BCUT2D eigenvalue weighted by Crippen LogP contribution is 2.20. The standard InChI is InChI=1S/C19H19N3O2S/c1-12-8-13(2)21-18(23)17(12)19(24)22-16(9-14-5-7-25-11-14)15-4-3-6-20-10-15/h3-8,10-11,16H,9H2,1-2H3,(H,21,23)(H,22,24). The number of amides is 1. The lowest BCUT2D eigenvalue weighted by molar-refractivity contribution is 0.0934. The molecule has 3 rings (SSSR count). The number of pyridine rings is 2. The molecule has 0 aliphatic rings. The van der Waals surface area contributed by atoms with Gasteiger partial charge in [0.2, 0.25) is 0 Å². The van der Waals surface area contributed by atoms with Crippen molar-refractivity contribution in [3.8, 4) is 0 Å². The van der Waals surface area contributed by atoms with Crippen molar-refractivity contribution < 1.29 is 4.79 Å². The van der Waals surface area contributed by atoms with Crippen LogP contribution in [-0.2, 0) is 6.42 Å². The molecule has 0 fully saturated rings. The number of carbonyl (C=O) groups excluding carboxylic acids is 1. The zero-order valence-electron chi connectivity index (χ0n) is 14.1. The highest BCUT2D eigenvalue weighted by molar-refractivity contribution is 7.07. The normalized spacial score (nSPS) is 11.9. The average Bonchev–Trinajstić information content (AvgIpc) is 3.07. The minimum absolute atomic E-state index is 0.157. The molecule has 1 amide bonds. The van der Waals surface area contributed by atoms with E-state index in [-0.39, 0.29) is 23.1 Å². The zero-order chi connectivity index (χ0) is 17.8. The molecule has 5 nitrogen and oxygen atoms in total. The zero-order valence-corrected chi connectivity index (χ0v) is 14.9. The summed E-state index contributed by atoms with van der Waals surface area (Å²) >= 11 is 1.62. The van der Waals surface area contributed by atoms with E-state index in [1.807, 2.05) is 23.6 Å². The number of hydrogen-bond donors (Lipinski definition) is 2. The lowest BCUT2D eigenvalue weighted by Crippen LogP contribution is -2.34. The second-order valence-electron chi connectivity index (χ2n) is 5.99. The second-order valence-corrected chi connectivity index (χ2v) is 6.77. The smallest absolute Gasteiger partial charge is 0.261 e. The molecule has 0 radical (unpaired) electrons. The van der Waals surface area contributed by atoms with Gasteiger partial charge in [0.15, 0.2) is 0 Å². The number of thiophene rings is 1. The predicted molar refractivity (Wildman–Crippen MR) is 99.0 cm³/mol. The molecule has 0 aromatic carbocycles. The molecule has 0 saturated carbocycles. The van der Waals surface area contributed by atoms with Crippen LogP contribution in [-0.4, -0.2) is 15.9 Å². The highest BCUT2D eigenvalue weighted by Gasteiger charge is 2.20. The van der Waals surface area contributed by atoms with Crippen molar-refractivity contribution in [1.82, 2.24) is 15.3 Å². The van der Waals surface area contributed by atoms with Crippen LogP contribution < -0.4 is 10.9 Å². The van der Waals surface area contributed by atoms with E-state index in [0.717, 1.165) is 16.8 Å². The summed E-state index contributed by atoms with van der Waals surface area (Å²) in [7, 11) is 0. The van der Waals surface area contributed by atoms with Crippen LogP contribution in [0.25, 0.3) is 0 Å². The molecule has 0 aliphatic heterocycles. The Morgan fingerprint density at radius 3 is 2.84 bits per heavy atom. The summed E-state index contributed by atoms with van der Waals surface area (Å²) in [6.45, 7) is 3.57. The number of hydrogen-bond acceptors (Lipinski definition) is 4. The van der Waals surface area contributed by atoms with Crippen LogP contribution in [0.3, 0.4) is 0 Å². The fraction of sp³-hybridized carbons (Fsp3) is 0.211. The Morgan fingerprint density at radius 1 is 1.36 bits per heavy atom. The molecule has 0 saturated heterocycles. The van der Waals surface area contributed by atoms with E-state index in [1.165, 1.54) is 0 Å². The highest BCUT2D eigenvalue weighted by atomic mass is 32.1. The molecule has 1 atom stereocenters. The van der Waals surface area contributed by atoms with E-state index >= 15 is 0 Å². The van der Waals surface area contributed by atoms with Crippen molar-refractivity contribution in [3.63, 3.8) is 0 Å². The van der Waals surface area contributed by atoms with E-state index < -0.39 is 0 Å². The van der Waals surface area contributed by atoms with Gasteiger partial charge in [-0.2, -0.15) is 11.3 Å². The van der Waals surface area contributed by atoms with Crippen LogP contribution >= 0.6 is 11.3 Å². The van der Waals surface area contributed by atoms with Gasteiger partial charge in [0.1, 0.15) is 5.56 Å². The number of H-pyrrole nitrogens is 1. The molecule has 3 aromatic rings. The van der Waals surface area contributed by atoms with Crippen molar-refractivity contribution in [3.05, 3.63) is 85.7 Å². The first-order chi connectivity index (χ1) is 12.0. The van der Waals surface area contributed by atoms with Crippen molar-refractivity contribution in [2.45, 2.75) is 26.3 Å². The maximum absolute atomic E-state index is 12.8. The molecule has 2 N–H and O–H groups in total. The largest absolute Gasteiger partial charge is 0.345 e. The summed E-state index contributed by atoms with van der Waals surface area (Å²) in [6, 6.07) is 7.34. The fourth-order valence-corrected chi connectivity index (χ4v) is 3.53. The van der Waals surface area contributed by atoms with Crippen molar-refractivity contribution >= 4 is 17.2 Å². The van der Waals surface area contributed by atoms with Crippen LogP contribution in [0.5, 0.6) is 0 Å². The minimum atomic E-state index is -0.372. The third-order valence-corrected chi connectivity index (χ3v) is 4.74. The Bertz CT molecular complexity index is 918. The number of aromatic amines is 1. The van der Waals surface area contributed by atoms with Gasteiger partial charge in [0.05, 0.1) is 6.04 Å². The summed E-state index contributed by atoms with van der Waals surface area (Å²) < 4.78 is 0. The first-order valence-electron chi connectivity index (χ1n) is 7.97. The maximum atomic E-state index is 12.8. The van der Waals surface area contributed by atoms with Crippen LogP contribution in [0.4, 0.5) is 0 Å². The molecule has 1 unspecified atom stereocenters.